The Morgan fingerprint density at radius 2 is 1.44 bits per heavy atom. The fraction of sp³-hybridized carbons (Fsp3) is 0.525. The predicted octanol–water partition coefficient (Wildman–Crippen LogP) is 3.10. The molecule has 15 nitrogen and oxygen atoms in total. The van der Waals surface area contributed by atoms with Crippen LogP contribution in [0, 0.1) is 11.8 Å². The van der Waals surface area contributed by atoms with E-state index >= 15 is 0 Å². The lowest BCUT2D eigenvalue weighted by molar-refractivity contribution is -0.132. The minimum absolute atomic E-state index is 0.00278. The molecule has 0 fully saturated rings. The maximum absolute atomic E-state index is 14.0. The number of ether oxygens (including phenoxy) is 1. The highest BCUT2D eigenvalue weighted by atomic mass is 16.6. The van der Waals surface area contributed by atoms with E-state index < -0.39 is 66.1 Å². The number of hydrogen-bond acceptors (Lipinski definition) is 9. The normalized spacial score (nSPS) is 14.2. The molecule has 2 heterocycles. The number of carbonyl (C=O) groups excluding carboxylic acids is 5. The van der Waals surface area contributed by atoms with Crippen LogP contribution in [-0.4, -0.2) is 85.7 Å². The number of imidazole rings is 1. The number of rotatable bonds is 20. The van der Waals surface area contributed by atoms with Gasteiger partial charge in [-0.05, 0) is 63.1 Å². The molecule has 55 heavy (non-hydrogen) atoms. The summed E-state index contributed by atoms with van der Waals surface area (Å²) in [6.45, 7) is 13.0. The zero-order chi connectivity index (χ0) is 40.5. The summed E-state index contributed by atoms with van der Waals surface area (Å²) in [5.41, 5.74) is 1.18. The van der Waals surface area contributed by atoms with Gasteiger partial charge >= 0.3 is 6.09 Å². The van der Waals surface area contributed by atoms with Crippen molar-refractivity contribution in [3.63, 3.8) is 0 Å². The molecule has 0 radical (unpaired) electrons. The molecule has 0 saturated carbocycles. The number of aliphatic hydroxyl groups is 1. The largest absolute Gasteiger partial charge is 0.444 e. The van der Waals surface area contributed by atoms with Gasteiger partial charge in [-0.2, -0.15) is 0 Å². The van der Waals surface area contributed by atoms with Crippen LogP contribution in [0.5, 0.6) is 0 Å². The van der Waals surface area contributed by atoms with Crippen LogP contribution >= 0.6 is 0 Å². The highest BCUT2D eigenvalue weighted by molar-refractivity contribution is 5.92. The Kier molecular flexibility index (Phi) is 17.3. The van der Waals surface area contributed by atoms with Crippen molar-refractivity contribution in [3.8, 4) is 0 Å². The van der Waals surface area contributed by atoms with Crippen LogP contribution in [-0.2, 0) is 43.3 Å². The number of nitrogens with zero attached hydrogens (tertiary/aromatic N) is 2. The molecule has 0 aliphatic carbocycles. The van der Waals surface area contributed by atoms with Gasteiger partial charge in [0.2, 0.25) is 23.6 Å². The summed E-state index contributed by atoms with van der Waals surface area (Å²) in [5, 5.41) is 25.2. The van der Waals surface area contributed by atoms with Gasteiger partial charge in [0.25, 0.3) is 0 Å². The fourth-order valence-corrected chi connectivity index (χ4v) is 5.80. The first kappa shape index (κ1) is 44.1. The number of H-pyrrole nitrogens is 1. The van der Waals surface area contributed by atoms with Gasteiger partial charge in [0, 0.05) is 30.9 Å². The number of aromatic nitrogens is 3. The standard InChI is InChI=1S/C40H58N8O7/c1-25(2)17-30(34(49)21-35(50)45-31(18-26(3)4)36(51)43-23-28-15-11-12-16-42-28)46-38(53)33(20-29-22-41-24-44-29)47-37(52)32(19-27-13-9-8-10-14-27)48-39(54)55-40(5,6)7/h8-16,22,24-26,30-34,49H,17-21,23H2,1-7H3,(H,41,44)(H,43,51)(H,45,50)(H,46,53)(H,47,52)(H,48,54)/t30-,31-,32-,33-,34-/m0/s1. The number of amides is 5. The molecule has 0 spiro atoms. The quantitative estimate of drug-likeness (QED) is 0.0899. The molecule has 300 valence electrons. The second-order valence-corrected chi connectivity index (χ2v) is 15.5. The molecule has 0 bridgehead atoms. The molecule has 2 aromatic heterocycles. The summed E-state index contributed by atoms with van der Waals surface area (Å²) in [6, 6.07) is 10.5. The molecule has 0 saturated heterocycles. The molecule has 3 aromatic rings. The monoisotopic (exact) mass is 762 g/mol. The van der Waals surface area contributed by atoms with Crippen molar-refractivity contribution in [2.45, 2.75) is 123 Å². The van der Waals surface area contributed by atoms with Crippen molar-refractivity contribution in [1.29, 1.82) is 0 Å². The lowest BCUT2D eigenvalue weighted by Crippen LogP contribution is -2.58. The predicted molar refractivity (Wildman–Crippen MR) is 207 cm³/mol. The lowest BCUT2D eigenvalue weighted by Gasteiger charge is -2.29. The summed E-state index contributed by atoms with van der Waals surface area (Å²) >= 11 is 0. The molecule has 0 aliphatic rings. The van der Waals surface area contributed by atoms with Gasteiger partial charge in [-0.25, -0.2) is 9.78 Å². The van der Waals surface area contributed by atoms with Crippen LogP contribution in [0.2, 0.25) is 0 Å². The average Bonchev–Trinajstić information content (AvgIpc) is 3.62. The van der Waals surface area contributed by atoms with Crippen LogP contribution in [0.15, 0.2) is 67.3 Å². The van der Waals surface area contributed by atoms with Crippen LogP contribution in [0.4, 0.5) is 4.79 Å². The molecule has 0 aliphatic heterocycles. The van der Waals surface area contributed by atoms with Crippen LogP contribution < -0.4 is 26.6 Å². The highest BCUT2D eigenvalue weighted by Gasteiger charge is 2.33. The summed E-state index contributed by atoms with van der Waals surface area (Å²) in [6.07, 6.45) is 2.89. The van der Waals surface area contributed by atoms with Gasteiger partial charge in [-0.1, -0.05) is 64.1 Å². The van der Waals surface area contributed by atoms with Crippen molar-refractivity contribution in [2.24, 2.45) is 11.8 Å². The van der Waals surface area contributed by atoms with E-state index in [4.69, 9.17) is 4.74 Å². The summed E-state index contributed by atoms with van der Waals surface area (Å²) in [7, 11) is 0. The first-order valence-corrected chi connectivity index (χ1v) is 18.8. The number of aromatic amines is 1. The van der Waals surface area contributed by atoms with Gasteiger partial charge in [-0.3, -0.25) is 24.2 Å². The Balaban J connectivity index is 1.76. The Hall–Kier alpha value is -5.31. The van der Waals surface area contributed by atoms with E-state index in [-0.39, 0.29) is 37.1 Å². The third kappa shape index (κ3) is 16.7. The SMILES string of the molecule is CC(C)C[C@H](NC(=O)C[C@H](O)[C@H](CC(C)C)NC(=O)[C@H](Cc1cnc[nH]1)NC(=O)[C@H](Cc1ccccc1)NC(=O)OC(C)(C)C)C(=O)NCc1ccccn1. The van der Waals surface area contributed by atoms with E-state index in [1.54, 1.807) is 39.1 Å². The first-order chi connectivity index (χ1) is 26.0. The summed E-state index contributed by atoms with van der Waals surface area (Å²) in [5.74, 6) is -2.10. The molecule has 5 atom stereocenters. The Bertz CT molecular complexity index is 1650. The number of pyridine rings is 1. The van der Waals surface area contributed by atoms with Gasteiger partial charge < -0.3 is 41.4 Å². The molecule has 0 unspecified atom stereocenters. The second-order valence-electron chi connectivity index (χ2n) is 15.5. The highest BCUT2D eigenvalue weighted by Crippen LogP contribution is 2.14. The van der Waals surface area contributed by atoms with Crippen molar-refractivity contribution < 1.29 is 33.8 Å². The van der Waals surface area contributed by atoms with Crippen LogP contribution in [0.1, 0.15) is 84.7 Å². The summed E-state index contributed by atoms with van der Waals surface area (Å²) in [4.78, 5) is 78.3. The van der Waals surface area contributed by atoms with Gasteiger partial charge in [0.05, 0.1) is 37.1 Å². The first-order valence-electron chi connectivity index (χ1n) is 18.8. The molecular formula is C40H58N8O7. The molecular weight excluding hydrogens is 704 g/mol. The van der Waals surface area contributed by atoms with Crippen molar-refractivity contribution >= 4 is 29.7 Å². The number of alkyl carbamates (subject to hydrolysis) is 1. The molecule has 15 heteroatoms. The van der Waals surface area contributed by atoms with E-state index in [1.807, 2.05) is 64.1 Å². The maximum atomic E-state index is 14.0. The second kappa shape index (κ2) is 21.5. The average molecular weight is 763 g/mol. The third-order valence-electron chi connectivity index (χ3n) is 8.34. The van der Waals surface area contributed by atoms with E-state index in [1.165, 1.54) is 12.5 Å². The topological polar surface area (TPSA) is 217 Å². The smallest absolute Gasteiger partial charge is 0.408 e. The van der Waals surface area contributed by atoms with Crippen molar-refractivity contribution in [2.75, 3.05) is 0 Å². The number of nitrogens with one attached hydrogen (secondary N) is 6. The van der Waals surface area contributed by atoms with E-state index in [0.717, 1.165) is 5.56 Å². The minimum atomic E-state index is -1.33. The fourth-order valence-electron chi connectivity index (χ4n) is 5.80. The summed E-state index contributed by atoms with van der Waals surface area (Å²) < 4.78 is 5.42. The van der Waals surface area contributed by atoms with Gasteiger partial charge in [-0.15, -0.1) is 0 Å². The lowest BCUT2D eigenvalue weighted by atomic mass is 9.96. The molecule has 1 aromatic carbocycles. The zero-order valence-electron chi connectivity index (χ0n) is 32.9. The molecule has 7 N–H and O–H groups in total. The van der Waals surface area contributed by atoms with Crippen molar-refractivity contribution in [1.82, 2.24) is 41.5 Å². The maximum Gasteiger partial charge on any atom is 0.408 e. The molecule has 3 rings (SSSR count). The third-order valence-corrected chi connectivity index (χ3v) is 8.34. The van der Waals surface area contributed by atoms with Crippen molar-refractivity contribution in [3.05, 3.63) is 84.2 Å². The van der Waals surface area contributed by atoms with E-state index in [2.05, 4.69) is 41.5 Å². The van der Waals surface area contributed by atoms with Crippen LogP contribution in [0.25, 0.3) is 0 Å². The number of hydrogen-bond donors (Lipinski definition) is 7. The van der Waals surface area contributed by atoms with E-state index in [0.29, 0.717) is 24.2 Å². The minimum Gasteiger partial charge on any atom is -0.444 e. The Labute approximate surface area is 323 Å². The Morgan fingerprint density at radius 1 is 0.782 bits per heavy atom. The van der Waals surface area contributed by atoms with Gasteiger partial charge in [0.1, 0.15) is 23.7 Å². The zero-order valence-corrected chi connectivity index (χ0v) is 32.9. The Morgan fingerprint density at radius 3 is 2.04 bits per heavy atom. The molecule has 5 amide bonds. The number of aliphatic hydroxyl groups excluding tert-OH is 1. The van der Waals surface area contributed by atoms with E-state index in [9.17, 15) is 29.1 Å². The number of benzene rings is 1. The van der Waals surface area contributed by atoms with Gasteiger partial charge in [0.15, 0.2) is 0 Å². The van der Waals surface area contributed by atoms with Crippen LogP contribution in [0.3, 0.4) is 0 Å². The number of carbonyl (C=O) groups is 5.